The highest BCUT2D eigenvalue weighted by molar-refractivity contribution is 5.68. The van der Waals surface area contributed by atoms with Gasteiger partial charge in [-0.3, -0.25) is 0 Å². The summed E-state index contributed by atoms with van der Waals surface area (Å²) >= 11 is 0. The number of ether oxygens (including phenoxy) is 1. The van der Waals surface area contributed by atoms with Gasteiger partial charge in [0.05, 0.1) is 12.3 Å². The number of hydrogen-bond donors (Lipinski definition) is 4. The highest BCUT2D eigenvalue weighted by Crippen LogP contribution is 2.40. The number of nitriles is 1. The fourth-order valence-corrected chi connectivity index (χ4v) is 2.74. The molecule has 1 saturated heterocycles. The van der Waals surface area contributed by atoms with E-state index in [0.717, 1.165) is 0 Å². The molecule has 4 N–H and O–H groups in total. The third-order valence-corrected chi connectivity index (χ3v) is 3.87. The molecule has 9 nitrogen and oxygen atoms in total. The van der Waals surface area contributed by atoms with Crippen molar-refractivity contribution in [3.8, 4) is 6.07 Å². The summed E-state index contributed by atoms with van der Waals surface area (Å²) in [7, 11) is 1.70. The molecule has 0 aromatic carbocycles. The third kappa shape index (κ3) is 1.79. The van der Waals surface area contributed by atoms with Crippen LogP contribution in [-0.2, 0) is 10.3 Å². The van der Waals surface area contributed by atoms with E-state index in [1.165, 1.54) is 10.8 Å². The van der Waals surface area contributed by atoms with E-state index in [-0.39, 0.29) is 5.69 Å². The minimum Gasteiger partial charge on any atom is -0.394 e. The maximum Gasteiger partial charge on any atom is 0.225 e. The second-order valence-corrected chi connectivity index (χ2v) is 5.00. The first kappa shape index (κ1) is 14.7. The van der Waals surface area contributed by atoms with Crippen molar-refractivity contribution in [1.29, 1.82) is 5.26 Å². The van der Waals surface area contributed by atoms with E-state index in [9.17, 15) is 20.6 Å². The predicted molar refractivity (Wildman–Crippen MR) is 73.8 cm³/mol. The summed E-state index contributed by atoms with van der Waals surface area (Å²) in [5, 5.41) is 46.0. The van der Waals surface area contributed by atoms with Crippen LogP contribution >= 0.6 is 0 Å². The van der Waals surface area contributed by atoms with Crippen molar-refractivity contribution in [2.24, 2.45) is 0 Å². The predicted octanol–water partition coefficient (Wildman–Crippen LogP) is -1.40. The quantitative estimate of drug-likeness (QED) is 0.544. The van der Waals surface area contributed by atoms with Crippen LogP contribution < -0.4 is 5.32 Å². The lowest BCUT2D eigenvalue weighted by molar-refractivity contribution is -0.0643. The van der Waals surface area contributed by atoms with E-state index < -0.39 is 30.5 Å². The number of hydrogen-bond acceptors (Lipinski definition) is 8. The van der Waals surface area contributed by atoms with Crippen molar-refractivity contribution >= 4 is 11.3 Å². The number of aromatic nitrogens is 3. The van der Waals surface area contributed by atoms with E-state index in [2.05, 4.69) is 15.4 Å². The molecule has 0 radical (unpaired) electrons. The number of nitrogens with zero attached hydrogens (tertiary/aromatic N) is 4. The molecule has 1 aliphatic rings. The number of fused-ring (bicyclic) bond motifs is 1. The highest BCUT2D eigenvalue weighted by atomic mass is 16.6. The van der Waals surface area contributed by atoms with Gasteiger partial charge in [0.1, 0.15) is 36.2 Å². The zero-order valence-corrected chi connectivity index (χ0v) is 11.7. The first-order valence-corrected chi connectivity index (χ1v) is 6.66. The Labute approximate surface area is 125 Å². The fourth-order valence-electron chi connectivity index (χ4n) is 2.74. The molecule has 0 unspecified atom stereocenters. The van der Waals surface area contributed by atoms with Gasteiger partial charge in [0, 0.05) is 7.05 Å². The van der Waals surface area contributed by atoms with E-state index in [4.69, 9.17) is 4.74 Å². The summed E-state index contributed by atoms with van der Waals surface area (Å²) in [4.78, 5) is 4.06. The van der Waals surface area contributed by atoms with Crippen molar-refractivity contribution in [2.45, 2.75) is 23.9 Å². The smallest absolute Gasteiger partial charge is 0.225 e. The fraction of sp³-hybridized carbons (Fsp3) is 0.462. The average molecular weight is 305 g/mol. The minimum atomic E-state index is -1.82. The summed E-state index contributed by atoms with van der Waals surface area (Å²) in [5.41, 5.74) is -0.975. The summed E-state index contributed by atoms with van der Waals surface area (Å²) < 4.78 is 6.90. The van der Waals surface area contributed by atoms with Gasteiger partial charge in [0.25, 0.3) is 0 Å². The van der Waals surface area contributed by atoms with Crippen LogP contribution in [0.5, 0.6) is 0 Å². The molecule has 22 heavy (non-hydrogen) atoms. The molecule has 2 aromatic rings. The van der Waals surface area contributed by atoms with Gasteiger partial charge < -0.3 is 25.4 Å². The normalized spacial score (nSPS) is 31.3. The molecule has 3 rings (SSSR count). The van der Waals surface area contributed by atoms with Crippen LogP contribution in [-0.4, -0.2) is 61.9 Å². The highest BCUT2D eigenvalue weighted by Gasteiger charge is 2.57. The van der Waals surface area contributed by atoms with Gasteiger partial charge in [-0.15, -0.1) is 0 Å². The zero-order valence-electron chi connectivity index (χ0n) is 11.7. The first-order chi connectivity index (χ1) is 10.6. The third-order valence-electron chi connectivity index (χ3n) is 3.87. The maximum absolute atomic E-state index is 10.3. The van der Waals surface area contributed by atoms with Gasteiger partial charge in [-0.1, -0.05) is 0 Å². The Kier molecular flexibility index (Phi) is 3.46. The van der Waals surface area contributed by atoms with E-state index in [1.54, 1.807) is 19.2 Å². The largest absolute Gasteiger partial charge is 0.394 e. The molecule has 2 aromatic heterocycles. The lowest BCUT2D eigenvalue weighted by Gasteiger charge is -2.24. The van der Waals surface area contributed by atoms with E-state index in [0.29, 0.717) is 11.3 Å². The topological polar surface area (TPSA) is 136 Å². The summed E-state index contributed by atoms with van der Waals surface area (Å²) in [5.74, 6) is 0.543. The van der Waals surface area contributed by atoms with Crippen LogP contribution in [0, 0.1) is 11.3 Å². The van der Waals surface area contributed by atoms with Crippen molar-refractivity contribution < 1.29 is 20.1 Å². The summed E-state index contributed by atoms with van der Waals surface area (Å²) in [6, 6.07) is 5.16. The number of aliphatic hydroxyl groups is 3. The van der Waals surface area contributed by atoms with E-state index >= 15 is 0 Å². The number of nitrogens with one attached hydrogen (secondary N) is 1. The van der Waals surface area contributed by atoms with Crippen LogP contribution in [0.1, 0.15) is 5.69 Å². The van der Waals surface area contributed by atoms with Gasteiger partial charge in [-0.05, 0) is 12.1 Å². The Morgan fingerprint density at radius 3 is 2.86 bits per heavy atom. The molecule has 1 aliphatic heterocycles. The molecule has 3 heterocycles. The Balaban J connectivity index is 2.19. The number of aliphatic hydroxyl groups excluding tert-OH is 3. The Morgan fingerprint density at radius 2 is 2.27 bits per heavy atom. The number of rotatable bonds is 3. The average Bonchev–Trinajstić information content (AvgIpc) is 3.09. The molecule has 9 heteroatoms. The standard InChI is InChI=1S/C13H15N5O4/c1-15-12-7-2-3-9(18(7)17-6-16-12)13(5-14)11(21)10(20)8(4-19)22-13/h2-3,6,8,10-11,19-21H,4H2,1H3,(H,15,16,17)/t8-,10-,11-,13+/m1/s1. The van der Waals surface area contributed by atoms with Crippen molar-refractivity contribution in [3.05, 3.63) is 24.2 Å². The Hall–Kier alpha value is -2.25. The Morgan fingerprint density at radius 1 is 1.50 bits per heavy atom. The first-order valence-electron chi connectivity index (χ1n) is 6.66. The minimum absolute atomic E-state index is 0.256. The zero-order chi connectivity index (χ0) is 15.9. The second kappa shape index (κ2) is 5.19. The Bertz CT molecular complexity index is 742. The van der Waals surface area contributed by atoms with E-state index in [1.807, 2.05) is 6.07 Å². The number of anilines is 1. The van der Waals surface area contributed by atoms with Crippen LogP contribution in [0.15, 0.2) is 18.5 Å². The second-order valence-electron chi connectivity index (χ2n) is 5.00. The molecule has 0 saturated carbocycles. The molecule has 4 atom stereocenters. The van der Waals surface area contributed by atoms with Crippen LogP contribution in [0.4, 0.5) is 5.82 Å². The van der Waals surface area contributed by atoms with Crippen LogP contribution in [0.2, 0.25) is 0 Å². The molecule has 0 bridgehead atoms. The van der Waals surface area contributed by atoms with Crippen molar-refractivity contribution in [1.82, 2.24) is 14.6 Å². The maximum atomic E-state index is 10.3. The van der Waals surface area contributed by atoms with Crippen molar-refractivity contribution in [3.63, 3.8) is 0 Å². The van der Waals surface area contributed by atoms with Crippen molar-refractivity contribution in [2.75, 3.05) is 19.0 Å². The van der Waals surface area contributed by atoms with Gasteiger partial charge in [0.15, 0.2) is 5.82 Å². The van der Waals surface area contributed by atoms with Gasteiger partial charge in [-0.2, -0.15) is 10.4 Å². The van der Waals surface area contributed by atoms with Crippen LogP contribution in [0.25, 0.3) is 5.52 Å². The molecule has 0 amide bonds. The lowest BCUT2D eigenvalue weighted by Crippen LogP contribution is -2.40. The van der Waals surface area contributed by atoms with Gasteiger partial charge in [0.2, 0.25) is 5.60 Å². The molecule has 0 aliphatic carbocycles. The lowest BCUT2D eigenvalue weighted by atomic mass is 9.92. The molecule has 116 valence electrons. The summed E-state index contributed by atoms with van der Waals surface area (Å²) in [6.45, 7) is -0.512. The molecular formula is C13H15N5O4. The molecule has 0 spiro atoms. The van der Waals surface area contributed by atoms with Gasteiger partial charge in [-0.25, -0.2) is 9.50 Å². The van der Waals surface area contributed by atoms with Gasteiger partial charge >= 0.3 is 0 Å². The van der Waals surface area contributed by atoms with Crippen LogP contribution in [0.3, 0.4) is 0 Å². The molecule has 1 fully saturated rings. The monoisotopic (exact) mass is 305 g/mol. The summed E-state index contributed by atoms with van der Waals surface area (Å²) in [6.07, 6.45) is -2.64. The SMILES string of the molecule is CNc1ncnn2c([C@]3(C#N)O[C@H](CO)[C@@H](O)[C@H]3O)ccc12. The molecular weight excluding hydrogens is 290 g/mol.